The van der Waals surface area contributed by atoms with Crippen molar-refractivity contribution in [1.82, 2.24) is 10.6 Å². The minimum Gasteiger partial charge on any atom is -0.348 e. The quantitative estimate of drug-likeness (QED) is 0.619. The number of hydrogen-bond donors (Lipinski definition) is 3. The van der Waals surface area contributed by atoms with E-state index in [2.05, 4.69) is 10.6 Å². The van der Waals surface area contributed by atoms with Gasteiger partial charge in [-0.05, 0) is 19.3 Å². The molecule has 0 aliphatic carbocycles. The molecule has 0 aliphatic heterocycles. The number of nitrogens with one attached hydrogen (secondary N) is 2. The molecule has 0 spiro atoms. The Kier molecular flexibility index (Phi) is 11.0. The molecule has 0 unspecified atom stereocenters. The molecule has 0 saturated carbocycles. The largest absolute Gasteiger partial charge is 0.348 e. The molecule has 0 aliphatic rings. The number of carbonyl (C=O) groups is 2. The average molecular weight is 280 g/mol. The van der Waals surface area contributed by atoms with E-state index in [-0.39, 0.29) is 36.3 Å². The van der Waals surface area contributed by atoms with Gasteiger partial charge in [0.05, 0.1) is 12.1 Å². The van der Waals surface area contributed by atoms with Gasteiger partial charge in [-0.2, -0.15) is 0 Å². The first kappa shape index (κ1) is 19.5. The molecule has 2 amide bonds. The molecule has 0 atom stereocenters. The van der Waals surface area contributed by atoms with E-state index >= 15 is 0 Å². The molecule has 108 valence electrons. The molecular formula is C12H26ClN3O2. The van der Waals surface area contributed by atoms with Crippen LogP contribution in [0.25, 0.3) is 0 Å². The molecule has 6 heteroatoms. The van der Waals surface area contributed by atoms with Crippen LogP contribution >= 0.6 is 12.4 Å². The zero-order valence-corrected chi connectivity index (χ0v) is 12.4. The molecule has 0 rings (SSSR count). The summed E-state index contributed by atoms with van der Waals surface area (Å²) in [7, 11) is 0. The fourth-order valence-corrected chi connectivity index (χ4v) is 1.60. The lowest BCUT2D eigenvalue weighted by Crippen LogP contribution is -2.55. The minimum atomic E-state index is -0.341. The third kappa shape index (κ3) is 6.81. The van der Waals surface area contributed by atoms with Gasteiger partial charge in [-0.3, -0.25) is 9.59 Å². The molecule has 0 aromatic rings. The lowest BCUT2D eigenvalue weighted by atomic mass is 9.93. The molecule has 0 aromatic carbocycles. The Labute approximate surface area is 116 Å². The highest BCUT2D eigenvalue weighted by atomic mass is 35.5. The van der Waals surface area contributed by atoms with E-state index in [1.54, 1.807) is 0 Å². The molecule has 18 heavy (non-hydrogen) atoms. The third-order valence-electron chi connectivity index (χ3n) is 3.07. The van der Waals surface area contributed by atoms with Crippen molar-refractivity contribution in [3.8, 4) is 0 Å². The Morgan fingerprint density at radius 2 is 1.67 bits per heavy atom. The summed E-state index contributed by atoms with van der Waals surface area (Å²) in [6.45, 7) is 6.35. The molecule has 0 heterocycles. The molecule has 0 aromatic heterocycles. The van der Waals surface area contributed by atoms with E-state index in [4.69, 9.17) is 5.73 Å². The predicted molar refractivity (Wildman–Crippen MR) is 75.7 cm³/mol. The smallest absolute Gasteiger partial charge is 0.239 e. The molecular weight excluding hydrogens is 254 g/mol. The van der Waals surface area contributed by atoms with Gasteiger partial charge in [-0.25, -0.2) is 0 Å². The van der Waals surface area contributed by atoms with Gasteiger partial charge >= 0.3 is 0 Å². The lowest BCUT2D eigenvalue weighted by Gasteiger charge is -2.31. The Bertz CT molecular complexity index is 247. The van der Waals surface area contributed by atoms with Crippen molar-refractivity contribution in [3.05, 3.63) is 0 Å². The highest BCUT2D eigenvalue weighted by Gasteiger charge is 2.26. The van der Waals surface area contributed by atoms with Gasteiger partial charge in [0.25, 0.3) is 0 Å². The molecule has 0 fully saturated rings. The van der Waals surface area contributed by atoms with Gasteiger partial charge in [0.2, 0.25) is 11.8 Å². The summed E-state index contributed by atoms with van der Waals surface area (Å²) in [5, 5.41) is 5.48. The first-order valence-electron chi connectivity index (χ1n) is 6.31. The second-order valence-electron chi connectivity index (χ2n) is 4.27. The van der Waals surface area contributed by atoms with Gasteiger partial charge in [0.1, 0.15) is 0 Å². The maximum Gasteiger partial charge on any atom is 0.239 e. The maximum absolute atomic E-state index is 11.7. The van der Waals surface area contributed by atoms with Crippen LogP contribution in [0.15, 0.2) is 0 Å². The van der Waals surface area contributed by atoms with Crippen molar-refractivity contribution in [2.24, 2.45) is 5.73 Å². The second-order valence-corrected chi connectivity index (χ2v) is 4.27. The van der Waals surface area contributed by atoms with E-state index < -0.39 is 0 Å². The Balaban J connectivity index is 0. The zero-order valence-electron chi connectivity index (χ0n) is 11.5. The molecule has 0 bridgehead atoms. The zero-order chi connectivity index (χ0) is 13.3. The minimum absolute atomic E-state index is 0. The van der Waals surface area contributed by atoms with Crippen LogP contribution in [0.2, 0.25) is 0 Å². The number of amides is 2. The number of nitrogens with two attached hydrogens (primary N) is 1. The van der Waals surface area contributed by atoms with Crippen LogP contribution in [0.3, 0.4) is 0 Å². The van der Waals surface area contributed by atoms with Crippen molar-refractivity contribution in [2.45, 2.75) is 52.0 Å². The first-order chi connectivity index (χ1) is 8.03. The normalized spacial score (nSPS) is 10.4. The Morgan fingerprint density at radius 1 is 1.11 bits per heavy atom. The number of rotatable bonds is 8. The summed E-state index contributed by atoms with van der Waals surface area (Å²) in [6, 6.07) is 0. The molecule has 4 N–H and O–H groups in total. The van der Waals surface area contributed by atoms with Crippen LogP contribution < -0.4 is 16.4 Å². The highest BCUT2D eigenvalue weighted by Crippen LogP contribution is 2.12. The summed E-state index contributed by atoms with van der Waals surface area (Å²) >= 11 is 0. The number of halogens is 1. The van der Waals surface area contributed by atoms with Gasteiger partial charge in [0.15, 0.2) is 0 Å². The number of hydrogen-bond acceptors (Lipinski definition) is 3. The van der Waals surface area contributed by atoms with Crippen molar-refractivity contribution in [2.75, 3.05) is 13.1 Å². The highest BCUT2D eigenvalue weighted by molar-refractivity contribution is 5.85. The Hall–Kier alpha value is -0.810. The fraction of sp³-hybridized carbons (Fsp3) is 0.833. The van der Waals surface area contributed by atoms with E-state index in [1.807, 2.05) is 20.8 Å². The SMILES string of the molecule is CCCC(=O)NCC(=O)NC(CC)(CC)CN.Cl. The van der Waals surface area contributed by atoms with Gasteiger partial charge in [0, 0.05) is 13.0 Å². The topological polar surface area (TPSA) is 84.2 Å². The molecule has 0 radical (unpaired) electrons. The van der Waals surface area contributed by atoms with Crippen molar-refractivity contribution in [1.29, 1.82) is 0 Å². The second kappa shape index (κ2) is 10.1. The lowest BCUT2D eigenvalue weighted by molar-refractivity contribution is -0.127. The predicted octanol–water partition coefficient (Wildman–Crippen LogP) is 0.958. The monoisotopic (exact) mass is 279 g/mol. The average Bonchev–Trinajstić information content (AvgIpc) is 2.34. The van der Waals surface area contributed by atoms with Crippen molar-refractivity contribution < 1.29 is 9.59 Å². The van der Waals surface area contributed by atoms with Crippen LogP contribution in [-0.2, 0) is 9.59 Å². The maximum atomic E-state index is 11.7. The summed E-state index contributed by atoms with van der Waals surface area (Å²) in [5.41, 5.74) is 5.34. The molecule has 0 saturated heterocycles. The number of carbonyl (C=O) groups excluding carboxylic acids is 2. The molecule has 5 nitrogen and oxygen atoms in total. The summed E-state index contributed by atoms with van der Waals surface area (Å²) < 4.78 is 0. The van der Waals surface area contributed by atoms with Crippen LogP contribution in [-0.4, -0.2) is 30.4 Å². The van der Waals surface area contributed by atoms with Gasteiger partial charge in [-0.1, -0.05) is 20.8 Å². The van der Waals surface area contributed by atoms with E-state index in [0.29, 0.717) is 13.0 Å². The van der Waals surface area contributed by atoms with Gasteiger partial charge in [-0.15, -0.1) is 12.4 Å². The van der Waals surface area contributed by atoms with E-state index in [1.165, 1.54) is 0 Å². The summed E-state index contributed by atoms with van der Waals surface area (Å²) in [4.78, 5) is 22.9. The first-order valence-corrected chi connectivity index (χ1v) is 6.31. The van der Waals surface area contributed by atoms with E-state index in [0.717, 1.165) is 19.3 Å². The van der Waals surface area contributed by atoms with Crippen molar-refractivity contribution >= 4 is 24.2 Å². The Morgan fingerprint density at radius 3 is 2.06 bits per heavy atom. The van der Waals surface area contributed by atoms with Crippen LogP contribution in [0.1, 0.15) is 46.5 Å². The third-order valence-corrected chi connectivity index (χ3v) is 3.07. The summed E-state index contributed by atoms with van der Waals surface area (Å²) in [6.07, 6.45) is 2.81. The summed E-state index contributed by atoms with van der Waals surface area (Å²) in [5.74, 6) is -0.266. The van der Waals surface area contributed by atoms with E-state index in [9.17, 15) is 9.59 Å². The van der Waals surface area contributed by atoms with Crippen LogP contribution in [0.4, 0.5) is 0 Å². The van der Waals surface area contributed by atoms with Gasteiger partial charge < -0.3 is 16.4 Å². The van der Waals surface area contributed by atoms with Crippen molar-refractivity contribution in [3.63, 3.8) is 0 Å². The standard InChI is InChI=1S/C12H25N3O2.ClH/c1-4-7-10(16)14-8-11(17)15-12(5-2,6-3)9-13;/h4-9,13H2,1-3H3,(H,14,16)(H,15,17);1H. The van der Waals surface area contributed by atoms with Crippen LogP contribution in [0, 0.1) is 0 Å². The fourth-order valence-electron chi connectivity index (χ4n) is 1.60. The van der Waals surface area contributed by atoms with Crippen LogP contribution in [0.5, 0.6) is 0 Å².